The van der Waals surface area contributed by atoms with Gasteiger partial charge >= 0.3 is 0 Å². The van der Waals surface area contributed by atoms with Gasteiger partial charge in [0.1, 0.15) is 5.75 Å². The van der Waals surface area contributed by atoms with Gasteiger partial charge in [0.15, 0.2) is 5.78 Å². The van der Waals surface area contributed by atoms with Crippen LogP contribution in [0.2, 0.25) is 5.02 Å². The van der Waals surface area contributed by atoms with Crippen LogP contribution in [0.3, 0.4) is 0 Å². The summed E-state index contributed by atoms with van der Waals surface area (Å²) in [6.45, 7) is 3.87. The molecular formula is C16H15ClO2. The maximum absolute atomic E-state index is 12.5. The molecule has 0 radical (unpaired) electrons. The maximum Gasteiger partial charge on any atom is 0.193 e. The molecule has 0 aliphatic rings. The monoisotopic (exact) mass is 274 g/mol. The Kier molecular flexibility index (Phi) is 3.91. The van der Waals surface area contributed by atoms with Crippen LogP contribution in [0.5, 0.6) is 5.75 Å². The summed E-state index contributed by atoms with van der Waals surface area (Å²) in [5.41, 5.74) is 3.25. The highest BCUT2D eigenvalue weighted by atomic mass is 35.5. The third-order valence-electron chi connectivity index (χ3n) is 3.12. The van der Waals surface area contributed by atoms with Crippen LogP contribution < -0.4 is 4.74 Å². The van der Waals surface area contributed by atoms with Gasteiger partial charge in [0.05, 0.1) is 12.1 Å². The Morgan fingerprint density at radius 2 is 1.74 bits per heavy atom. The van der Waals surface area contributed by atoms with Crippen LogP contribution in [0.15, 0.2) is 36.4 Å². The summed E-state index contributed by atoms with van der Waals surface area (Å²) in [5, 5.41) is 0.444. The highest BCUT2D eigenvalue weighted by molar-refractivity contribution is 6.32. The van der Waals surface area contributed by atoms with E-state index in [1.165, 1.54) is 0 Å². The molecule has 0 saturated carbocycles. The van der Waals surface area contributed by atoms with Crippen LogP contribution >= 0.6 is 11.6 Å². The Bertz CT molecular complexity index is 612. The largest absolute Gasteiger partial charge is 0.495 e. The van der Waals surface area contributed by atoms with Crippen molar-refractivity contribution in [2.45, 2.75) is 13.8 Å². The zero-order chi connectivity index (χ0) is 14.0. The number of hydrogen-bond donors (Lipinski definition) is 0. The van der Waals surface area contributed by atoms with Crippen molar-refractivity contribution in [3.8, 4) is 5.75 Å². The Morgan fingerprint density at radius 1 is 1.11 bits per heavy atom. The third-order valence-corrected chi connectivity index (χ3v) is 3.42. The molecule has 2 rings (SSSR count). The molecule has 0 unspecified atom stereocenters. The van der Waals surface area contributed by atoms with Crippen molar-refractivity contribution in [3.63, 3.8) is 0 Å². The molecule has 0 atom stereocenters. The molecule has 2 aromatic rings. The van der Waals surface area contributed by atoms with Gasteiger partial charge in [-0.3, -0.25) is 4.79 Å². The van der Waals surface area contributed by atoms with E-state index in [2.05, 4.69) is 0 Å². The second-order valence-corrected chi connectivity index (χ2v) is 4.85. The highest BCUT2D eigenvalue weighted by Crippen LogP contribution is 2.27. The molecule has 0 saturated heterocycles. The molecule has 0 aromatic heterocycles. The topological polar surface area (TPSA) is 26.3 Å². The van der Waals surface area contributed by atoms with Gasteiger partial charge in [-0.2, -0.15) is 0 Å². The smallest absolute Gasteiger partial charge is 0.193 e. The number of benzene rings is 2. The van der Waals surface area contributed by atoms with Crippen molar-refractivity contribution in [1.29, 1.82) is 0 Å². The second-order valence-electron chi connectivity index (χ2n) is 4.45. The van der Waals surface area contributed by atoms with Gasteiger partial charge in [-0.1, -0.05) is 29.8 Å². The summed E-state index contributed by atoms with van der Waals surface area (Å²) in [7, 11) is 1.55. The first-order valence-electron chi connectivity index (χ1n) is 5.99. The van der Waals surface area contributed by atoms with Gasteiger partial charge in [-0.15, -0.1) is 0 Å². The van der Waals surface area contributed by atoms with E-state index in [0.29, 0.717) is 16.3 Å². The number of hydrogen-bond acceptors (Lipinski definition) is 2. The van der Waals surface area contributed by atoms with Gasteiger partial charge < -0.3 is 4.74 Å². The van der Waals surface area contributed by atoms with Crippen molar-refractivity contribution < 1.29 is 9.53 Å². The number of carbonyl (C=O) groups is 1. The Labute approximate surface area is 118 Å². The van der Waals surface area contributed by atoms with E-state index in [4.69, 9.17) is 16.3 Å². The normalized spacial score (nSPS) is 10.3. The molecule has 3 heteroatoms. The van der Waals surface area contributed by atoms with Gasteiger partial charge in [0.25, 0.3) is 0 Å². The number of aryl methyl sites for hydroxylation is 2. The van der Waals surface area contributed by atoms with Crippen molar-refractivity contribution in [1.82, 2.24) is 0 Å². The lowest BCUT2D eigenvalue weighted by Gasteiger charge is -2.10. The first-order chi connectivity index (χ1) is 9.04. The highest BCUT2D eigenvalue weighted by Gasteiger charge is 2.15. The number of methoxy groups -OCH3 is 1. The van der Waals surface area contributed by atoms with Gasteiger partial charge in [-0.05, 0) is 43.2 Å². The van der Waals surface area contributed by atoms with Crippen molar-refractivity contribution in [2.24, 2.45) is 0 Å². The molecule has 2 nitrogen and oxygen atoms in total. The number of ether oxygens (including phenoxy) is 1. The van der Waals surface area contributed by atoms with E-state index in [9.17, 15) is 4.79 Å². The molecule has 0 aliphatic heterocycles. The zero-order valence-corrected chi connectivity index (χ0v) is 11.9. The lowest BCUT2D eigenvalue weighted by atomic mass is 9.95. The van der Waals surface area contributed by atoms with Crippen molar-refractivity contribution in [3.05, 3.63) is 63.7 Å². The number of ketones is 1. The second kappa shape index (κ2) is 5.45. The molecule has 0 fully saturated rings. The molecule has 0 aliphatic carbocycles. The SMILES string of the molecule is COc1ccc(C(=O)c2c(C)cccc2C)cc1Cl. The lowest BCUT2D eigenvalue weighted by molar-refractivity contribution is 0.103. The summed E-state index contributed by atoms with van der Waals surface area (Å²) >= 11 is 6.06. The molecule has 98 valence electrons. The number of carbonyl (C=O) groups excluding carboxylic acids is 1. The molecule has 2 aromatic carbocycles. The van der Waals surface area contributed by atoms with Crippen molar-refractivity contribution >= 4 is 17.4 Å². The fourth-order valence-corrected chi connectivity index (χ4v) is 2.38. The first kappa shape index (κ1) is 13.6. The summed E-state index contributed by atoms with van der Waals surface area (Å²) in [6, 6.07) is 10.9. The van der Waals surface area contributed by atoms with Crippen LogP contribution in [0.1, 0.15) is 27.0 Å². The van der Waals surface area contributed by atoms with Crippen LogP contribution in [0.25, 0.3) is 0 Å². The summed E-state index contributed by atoms with van der Waals surface area (Å²) in [5.74, 6) is 0.555. The number of halogens is 1. The van der Waals surface area contributed by atoms with Crippen LogP contribution in [-0.2, 0) is 0 Å². The minimum Gasteiger partial charge on any atom is -0.495 e. The molecule has 0 spiro atoms. The van der Waals surface area contributed by atoms with Crippen LogP contribution in [-0.4, -0.2) is 12.9 Å². The molecular weight excluding hydrogens is 260 g/mol. The molecule has 0 N–H and O–H groups in total. The van der Waals surface area contributed by atoms with E-state index >= 15 is 0 Å². The van der Waals surface area contributed by atoms with Crippen molar-refractivity contribution in [2.75, 3.05) is 7.11 Å². The average Bonchev–Trinajstić information content (AvgIpc) is 2.38. The van der Waals surface area contributed by atoms with E-state index in [0.717, 1.165) is 16.7 Å². The fourth-order valence-electron chi connectivity index (χ4n) is 2.12. The average molecular weight is 275 g/mol. The number of rotatable bonds is 3. The lowest BCUT2D eigenvalue weighted by Crippen LogP contribution is -2.06. The van der Waals surface area contributed by atoms with Gasteiger partial charge in [0.2, 0.25) is 0 Å². The molecule has 0 amide bonds. The van der Waals surface area contributed by atoms with Gasteiger partial charge in [-0.25, -0.2) is 0 Å². The fraction of sp³-hybridized carbons (Fsp3) is 0.188. The standard InChI is InChI=1S/C16H15ClO2/c1-10-5-4-6-11(2)15(10)16(18)12-7-8-14(19-3)13(17)9-12/h4-9H,1-3H3. The van der Waals surface area contributed by atoms with Crippen LogP contribution in [0.4, 0.5) is 0 Å². The molecule has 19 heavy (non-hydrogen) atoms. The summed E-state index contributed by atoms with van der Waals surface area (Å²) in [6.07, 6.45) is 0. The predicted octanol–water partition coefficient (Wildman–Crippen LogP) is 4.20. The summed E-state index contributed by atoms with van der Waals surface area (Å²) in [4.78, 5) is 12.5. The predicted molar refractivity (Wildman–Crippen MR) is 77.4 cm³/mol. The van der Waals surface area contributed by atoms with E-state index in [1.54, 1.807) is 25.3 Å². The quantitative estimate of drug-likeness (QED) is 0.784. The van der Waals surface area contributed by atoms with E-state index < -0.39 is 0 Å². The Balaban J connectivity index is 2.48. The third kappa shape index (κ3) is 2.64. The minimum atomic E-state index is -0.0137. The minimum absolute atomic E-state index is 0.0137. The molecule has 0 bridgehead atoms. The molecule has 0 heterocycles. The van der Waals surface area contributed by atoms with Gasteiger partial charge in [0, 0.05) is 11.1 Å². The van der Waals surface area contributed by atoms with E-state index in [1.807, 2.05) is 32.0 Å². The maximum atomic E-state index is 12.5. The first-order valence-corrected chi connectivity index (χ1v) is 6.37. The Hall–Kier alpha value is -1.80. The van der Waals surface area contributed by atoms with Crippen LogP contribution in [0, 0.1) is 13.8 Å². The van der Waals surface area contributed by atoms with E-state index in [-0.39, 0.29) is 5.78 Å². The Morgan fingerprint density at radius 3 is 2.26 bits per heavy atom. The zero-order valence-electron chi connectivity index (χ0n) is 11.2. The summed E-state index contributed by atoms with van der Waals surface area (Å²) < 4.78 is 5.09.